The molecular weight excluding hydrogens is 272 g/mol. The molecular formula is C14H20N4OS. The molecule has 0 aliphatic carbocycles. The second-order valence-electron chi connectivity index (χ2n) is 5.01. The zero-order chi connectivity index (χ0) is 14.7. The Morgan fingerprint density at radius 3 is 2.55 bits per heavy atom. The normalized spacial score (nSPS) is 16.2. The summed E-state index contributed by atoms with van der Waals surface area (Å²) in [5.41, 5.74) is 1.94. The van der Waals surface area contributed by atoms with Gasteiger partial charge in [0.05, 0.1) is 4.91 Å². The van der Waals surface area contributed by atoms with Gasteiger partial charge in [0.25, 0.3) is 5.91 Å². The van der Waals surface area contributed by atoms with Gasteiger partial charge in [0.1, 0.15) is 11.4 Å². The molecule has 1 saturated heterocycles. The fourth-order valence-corrected chi connectivity index (χ4v) is 2.82. The molecule has 0 unspecified atom stereocenters. The number of carbonyl (C=O) groups excluding carboxylic acids is 1. The minimum absolute atomic E-state index is 0.0127. The van der Waals surface area contributed by atoms with E-state index < -0.39 is 0 Å². The van der Waals surface area contributed by atoms with Gasteiger partial charge in [0.2, 0.25) is 0 Å². The van der Waals surface area contributed by atoms with Gasteiger partial charge in [-0.2, -0.15) is 0 Å². The summed E-state index contributed by atoms with van der Waals surface area (Å²) in [7, 11) is 2.07. The highest BCUT2D eigenvalue weighted by atomic mass is 32.2. The van der Waals surface area contributed by atoms with Gasteiger partial charge in [-0.3, -0.25) is 4.79 Å². The maximum Gasteiger partial charge on any atom is 0.260 e. The third-order valence-corrected chi connectivity index (χ3v) is 4.56. The van der Waals surface area contributed by atoms with Crippen molar-refractivity contribution in [2.75, 3.05) is 33.2 Å². The van der Waals surface area contributed by atoms with Gasteiger partial charge in [-0.25, -0.2) is 9.97 Å². The number of rotatable bonds is 3. The van der Waals surface area contributed by atoms with Crippen molar-refractivity contribution >= 4 is 17.7 Å². The van der Waals surface area contributed by atoms with Gasteiger partial charge in [0.15, 0.2) is 0 Å². The lowest BCUT2D eigenvalue weighted by atomic mass is 10.3. The fraction of sp³-hybridized carbons (Fsp3) is 0.500. The van der Waals surface area contributed by atoms with E-state index in [1.54, 1.807) is 0 Å². The molecule has 0 N–H and O–H groups in total. The number of likely N-dealkylation sites (N-methyl/N-ethyl adjacent to an activating group) is 1. The molecule has 1 aliphatic heterocycles. The summed E-state index contributed by atoms with van der Waals surface area (Å²) < 4.78 is 0. The van der Waals surface area contributed by atoms with Gasteiger partial charge in [-0.05, 0) is 20.9 Å². The molecule has 1 aliphatic rings. The van der Waals surface area contributed by atoms with E-state index in [0.29, 0.717) is 4.91 Å². The molecule has 20 heavy (non-hydrogen) atoms. The predicted molar refractivity (Wildman–Crippen MR) is 80.6 cm³/mol. The van der Waals surface area contributed by atoms with Crippen molar-refractivity contribution < 1.29 is 4.79 Å². The predicted octanol–water partition coefficient (Wildman–Crippen LogP) is 1.47. The molecule has 2 heterocycles. The summed E-state index contributed by atoms with van der Waals surface area (Å²) in [6, 6.07) is 0. The molecule has 1 aromatic rings. The van der Waals surface area contributed by atoms with Gasteiger partial charge >= 0.3 is 0 Å². The lowest BCUT2D eigenvalue weighted by Crippen LogP contribution is -2.47. The highest BCUT2D eigenvalue weighted by Crippen LogP contribution is 2.28. The SMILES string of the molecule is C=C(Sc1ncnc(C)c1C)C(=O)N1CCN(C)CC1. The summed E-state index contributed by atoms with van der Waals surface area (Å²) in [4.78, 5) is 25.3. The van der Waals surface area contributed by atoms with Crippen LogP contribution in [0, 0.1) is 13.8 Å². The maximum atomic E-state index is 12.3. The molecule has 0 saturated carbocycles. The Kier molecular flexibility index (Phi) is 4.77. The molecule has 5 nitrogen and oxygen atoms in total. The van der Waals surface area contributed by atoms with Crippen LogP contribution in [-0.2, 0) is 4.79 Å². The number of aromatic nitrogens is 2. The number of aryl methyl sites for hydroxylation is 1. The van der Waals surface area contributed by atoms with Crippen molar-refractivity contribution in [3.05, 3.63) is 29.1 Å². The number of carbonyl (C=O) groups is 1. The number of hydrogen-bond donors (Lipinski definition) is 0. The summed E-state index contributed by atoms with van der Waals surface area (Å²) in [6.45, 7) is 11.2. The van der Waals surface area contributed by atoms with Crippen molar-refractivity contribution in [2.24, 2.45) is 0 Å². The summed E-state index contributed by atoms with van der Waals surface area (Å²) in [5.74, 6) is 0.0127. The molecule has 108 valence electrons. The summed E-state index contributed by atoms with van der Waals surface area (Å²) in [5, 5.41) is 0.810. The topological polar surface area (TPSA) is 49.3 Å². The summed E-state index contributed by atoms with van der Waals surface area (Å²) >= 11 is 1.34. The Labute approximate surface area is 124 Å². The van der Waals surface area contributed by atoms with E-state index in [1.807, 2.05) is 18.7 Å². The Hall–Kier alpha value is -1.40. The van der Waals surface area contributed by atoms with Crippen LogP contribution < -0.4 is 0 Å². The molecule has 0 bridgehead atoms. The number of hydrogen-bond acceptors (Lipinski definition) is 5. The molecule has 2 rings (SSSR count). The maximum absolute atomic E-state index is 12.3. The number of piperazine rings is 1. The van der Waals surface area contributed by atoms with Crippen molar-refractivity contribution in [1.82, 2.24) is 19.8 Å². The third-order valence-electron chi connectivity index (χ3n) is 3.54. The van der Waals surface area contributed by atoms with Gasteiger partial charge < -0.3 is 9.80 Å². The van der Waals surface area contributed by atoms with Crippen LogP contribution in [0.4, 0.5) is 0 Å². The van der Waals surface area contributed by atoms with Crippen LogP contribution in [0.15, 0.2) is 22.8 Å². The molecule has 0 atom stereocenters. The van der Waals surface area contributed by atoms with Crippen molar-refractivity contribution in [3.8, 4) is 0 Å². The average molecular weight is 292 g/mol. The molecule has 1 amide bonds. The Morgan fingerprint density at radius 1 is 1.25 bits per heavy atom. The van der Waals surface area contributed by atoms with E-state index in [-0.39, 0.29) is 5.91 Å². The molecule has 0 radical (unpaired) electrons. The van der Waals surface area contributed by atoms with E-state index in [2.05, 4.69) is 28.5 Å². The van der Waals surface area contributed by atoms with Gasteiger partial charge in [-0.1, -0.05) is 18.3 Å². The Morgan fingerprint density at radius 2 is 1.90 bits per heavy atom. The first-order valence-electron chi connectivity index (χ1n) is 6.62. The molecule has 1 aromatic heterocycles. The first-order chi connectivity index (χ1) is 9.49. The average Bonchev–Trinajstić information content (AvgIpc) is 2.44. The number of nitrogens with zero attached hydrogens (tertiary/aromatic N) is 4. The minimum atomic E-state index is 0.0127. The van der Waals surface area contributed by atoms with E-state index >= 15 is 0 Å². The monoisotopic (exact) mass is 292 g/mol. The van der Waals surface area contributed by atoms with Crippen LogP contribution in [0.25, 0.3) is 0 Å². The van der Waals surface area contributed by atoms with Crippen LogP contribution in [0.5, 0.6) is 0 Å². The second-order valence-corrected chi connectivity index (χ2v) is 6.09. The fourth-order valence-electron chi connectivity index (χ4n) is 1.97. The number of amides is 1. The first kappa shape index (κ1) is 15.0. The van der Waals surface area contributed by atoms with Crippen molar-refractivity contribution in [2.45, 2.75) is 18.9 Å². The van der Waals surface area contributed by atoms with Gasteiger partial charge in [-0.15, -0.1) is 0 Å². The molecule has 1 fully saturated rings. The van der Waals surface area contributed by atoms with Gasteiger partial charge in [0, 0.05) is 37.4 Å². The standard InChI is InChI=1S/C14H20N4OS/c1-10-11(2)15-9-16-13(10)20-12(3)14(19)18-7-5-17(4)6-8-18/h9H,3,5-8H2,1-2,4H3. The molecule has 0 spiro atoms. The zero-order valence-electron chi connectivity index (χ0n) is 12.2. The Balaban J connectivity index is 2.01. The largest absolute Gasteiger partial charge is 0.336 e. The van der Waals surface area contributed by atoms with E-state index in [0.717, 1.165) is 42.5 Å². The van der Waals surface area contributed by atoms with Crippen molar-refractivity contribution in [1.29, 1.82) is 0 Å². The lowest BCUT2D eigenvalue weighted by Gasteiger charge is -2.32. The molecule has 6 heteroatoms. The smallest absolute Gasteiger partial charge is 0.260 e. The molecule has 0 aromatic carbocycles. The van der Waals surface area contributed by atoms with Crippen LogP contribution in [0.1, 0.15) is 11.3 Å². The highest BCUT2D eigenvalue weighted by molar-refractivity contribution is 8.04. The van der Waals surface area contributed by atoms with E-state index in [4.69, 9.17) is 0 Å². The summed E-state index contributed by atoms with van der Waals surface area (Å²) in [6.07, 6.45) is 1.53. The van der Waals surface area contributed by atoms with E-state index in [9.17, 15) is 4.79 Å². The van der Waals surface area contributed by atoms with Crippen LogP contribution in [0.2, 0.25) is 0 Å². The zero-order valence-corrected chi connectivity index (χ0v) is 13.0. The Bertz CT molecular complexity index is 524. The minimum Gasteiger partial charge on any atom is -0.336 e. The van der Waals surface area contributed by atoms with Crippen molar-refractivity contribution in [3.63, 3.8) is 0 Å². The number of thioether (sulfide) groups is 1. The van der Waals surface area contributed by atoms with E-state index in [1.165, 1.54) is 18.1 Å². The second kappa shape index (κ2) is 6.37. The first-order valence-corrected chi connectivity index (χ1v) is 7.43. The quantitative estimate of drug-likeness (QED) is 0.480. The third kappa shape index (κ3) is 3.37. The van der Waals surface area contributed by atoms with Crippen LogP contribution in [0.3, 0.4) is 0 Å². The highest BCUT2D eigenvalue weighted by Gasteiger charge is 2.22. The lowest BCUT2D eigenvalue weighted by molar-refractivity contribution is -0.127. The van der Waals surface area contributed by atoms with Crippen LogP contribution >= 0.6 is 11.8 Å². The van der Waals surface area contributed by atoms with Crippen LogP contribution in [-0.4, -0.2) is 58.9 Å².